The molecule has 0 heterocycles. The topological polar surface area (TPSA) is 0 Å². The fourth-order valence-corrected chi connectivity index (χ4v) is 6.07. The molecule has 16 heavy (non-hydrogen) atoms. The summed E-state index contributed by atoms with van der Waals surface area (Å²) in [6, 6.07) is 0. The first-order valence-electron chi connectivity index (χ1n) is 6.92. The molecule has 0 aromatic heterocycles. The molecule has 2 atom stereocenters. The van der Waals surface area contributed by atoms with Crippen LogP contribution in [0.1, 0.15) is 58.3 Å². The first-order valence-corrected chi connectivity index (χ1v) is 9.09. The maximum atomic E-state index is 3.76. The predicted molar refractivity (Wildman–Crippen MR) is 78.6 cm³/mol. The van der Waals surface area contributed by atoms with Gasteiger partial charge in [-0.25, -0.2) is 0 Å². The van der Waals surface area contributed by atoms with Gasteiger partial charge in [-0.05, 0) is 42.8 Å². The van der Waals surface area contributed by atoms with Crippen LogP contribution in [0.4, 0.5) is 0 Å². The van der Waals surface area contributed by atoms with Gasteiger partial charge >= 0.3 is 0 Å². The lowest BCUT2D eigenvalue weighted by Crippen LogP contribution is -2.24. The van der Waals surface area contributed by atoms with Crippen LogP contribution in [0.5, 0.6) is 0 Å². The van der Waals surface area contributed by atoms with Crippen LogP contribution in [-0.4, -0.2) is 16.3 Å². The Morgan fingerprint density at radius 2 is 1.94 bits per heavy atom. The number of hydrogen-bond acceptors (Lipinski definition) is 1. The summed E-state index contributed by atoms with van der Waals surface area (Å²) in [6.07, 6.45) is 11.8. The van der Waals surface area contributed by atoms with E-state index in [9.17, 15) is 0 Å². The molecule has 0 nitrogen and oxygen atoms in total. The highest BCUT2D eigenvalue weighted by atomic mass is 79.9. The SMILES string of the molecule is CC1CCCC(SCC2(CBr)CCCC2)C1. The quantitative estimate of drug-likeness (QED) is 0.639. The summed E-state index contributed by atoms with van der Waals surface area (Å²) in [5.74, 6) is 2.39. The second kappa shape index (κ2) is 6.13. The van der Waals surface area contributed by atoms with Crippen molar-refractivity contribution in [2.75, 3.05) is 11.1 Å². The number of hydrogen-bond donors (Lipinski definition) is 0. The monoisotopic (exact) mass is 304 g/mol. The molecule has 2 heteroatoms. The highest BCUT2D eigenvalue weighted by Gasteiger charge is 2.33. The smallest absolute Gasteiger partial charge is 0.00958 e. The Morgan fingerprint density at radius 1 is 1.19 bits per heavy atom. The van der Waals surface area contributed by atoms with E-state index in [-0.39, 0.29) is 0 Å². The Labute approximate surface area is 113 Å². The van der Waals surface area contributed by atoms with Crippen LogP contribution in [0.15, 0.2) is 0 Å². The van der Waals surface area contributed by atoms with Gasteiger partial charge in [0.05, 0.1) is 0 Å². The molecule has 0 saturated heterocycles. The van der Waals surface area contributed by atoms with Gasteiger partial charge < -0.3 is 0 Å². The third-order valence-corrected chi connectivity index (χ3v) is 7.33. The van der Waals surface area contributed by atoms with Crippen molar-refractivity contribution >= 4 is 27.7 Å². The standard InChI is InChI=1S/C14H25BrS/c1-12-5-4-6-13(9-12)16-11-14(10-15)7-2-3-8-14/h12-13H,2-11H2,1H3. The largest absolute Gasteiger partial charge is 0.158 e. The summed E-state index contributed by atoms with van der Waals surface area (Å²) in [7, 11) is 0. The molecule has 2 rings (SSSR count). The molecular formula is C14H25BrS. The van der Waals surface area contributed by atoms with E-state index >= 15 is 0 Å². The Bertz CT molecular complexity index is 211. The van der Waals surface area contributed by atoms with Gasteiger partial charge in [0.25, 0.3) is 0 Å². The van der Waals surface area contributed by atoms with Crippen LogP contribution in [0, 0.1) is 11.3 Å². The molecule has 0 N–H and O–H groups in total. The van der Waals surface area contributed by atoms with Gasteiger partial charge in [-0.3, -0.25) is 0 Å². The molecule has 2 aliphatic rings. The zero-order valence-electron chi connectivity index (χ0n) is 10.5. The summed E-state index contributed by atoms with van der Waals surface area (Å²) in [5, 5.41) is 2.20. The van der Waals surface area contributed by atoms with E-state index in [1.54, 1.807) is 0 Å². The number of alkyl halides is 1. The molecule has 0 aliphatic heterocycles. The minimum Gasteiger partial charge on any atom is -0.158 e. The lowest BCUT2D eigenvalue weighted by molar-refractivity contribution is 0.385. The van der Waals surface area contributed by atoms with E-state index < -0.39 is 0 Å². The van der Waals surface area contributed by atoms with E-state index in [2.05, 4.69) is 34.6 Å². The minimum atomic E-state index is 0.658. The molecule has 2 saturated carbocycles. The lowest BCUT2D eigenvalue weighted by atomic mass is 9.90. The molecule has 2 fully saturated rings. The maximum Gasteiger partial charge on any atom is 0.00958 e. The summed E-state index contributed by atoms with van der Waals surface area (Å²) in [4.78, 5) is 0. The minimum absolute atomic E-state index is 0.658. The molecule has 2 unspecified atom stereocenters. The highest BCUT2D eigenvalue weighted by Crippen LogP contribution is 2.44. The molecule has 0 bridgehead atoms. The number of rotatable bonds is 4. The van der Waals surface area contributed by atoms with Gasteiger partial charge in [-0.2, -0.15) is 11.8 Å². The Hall–Kier alpha value is 0.830. The Morgan fingerprint density at radius 3 is 2.56 bits per heavy atom. The van der Waals surface area contributed by atoms with Crippen molar-refractivity contribution in [1.82, 2.24) is 0 Å². The average Bonchev–Trinajstić information content (AvgIpc) is 2.76. The van der Waals surface area contributed by atoms with Crippen molar-refractivity contribution in [2.24, 2.45) is 11.3 Å². The molecule has 2 aliphatic carbocycles. The second-order valence-corrected chi connectivity index (χ2v) is 7.89. The fraction of sp³-hybridized carbons (Fsp3) is 1.00. The summed E-state index contributed by atoms with van der Waals surface area (Å²) in [5.41, 5.74) is 0.658. The zero-order valence-corrected chi connectivity index (χ0v) is 12.9. The maximum absolute atomic E-state index is 3.76. The van der Waals surface area contributed by atoms with Crippen LogP contribution in [0.3, 0.4) is 0 Å². The van der Waals surface area contributed by atoms with Crippen LogP contribution < -0.4 is 0 Å². The van der Waals surface area contributed by atoms with Crippen LogP contribution in [-0.2, 0) is 0 Å². The molecule has 0 aromatic carbocycles. The number of halogens is 1. The fourth-order valence-electron chi connectivity index (χ4n) is 3.27. The van der Waals surface area contributed by atoms with E-state index in [1.807, 2.05) is 0 Å². The van der Waals surface area contributed by atoms with E-state index in [1.165, 1.54) is 62.4 Å². The summed E-state index contributed by atoms with van der Waals surface area (Å²) >= 11 is 6.05. The molecular weight excluding hydrogens is 280 g/mol. The lowest BCUT2D eigenvalue weighted by Gasteiger charge is -2.31. The van der Waals surface area contributed by atoms with Crippen LogP contribution >= 0.6 is 27.7 Å². The highest BCUT2D eigenvalue weighted by molar-refractivity contribution is 9.09. The van der Waals surface area contributed by atoms with Gasteiger partial charge in [0.15, 0.2) is 0 Å². The summed E-state index contributed by atoms with van der Waals surface area (Å²) in [6.45, 7) is 2.43. The third kappa shape index (κ3) is 3.41. The average molecular weight is 305 g/mol. The molecule has 0 spiro atoms. The number of thioether (sulfide) groups is 1. The van der Waals surface area contributed by atoms with Gasteiger partial charge in [0.1, 0.15) is 0 Å². The van der Waals surface area contributed by atoms with Gasteiger partial charge in [0, 0.05) is 10.6 Å². The van der Waals surface area contributed by atoms with Crippen molar-refractivity contribution in [3.8, 4) is 0 Å². The molecule has 0 radical (unpaired) electrons. The van der Waals surface area contributed by atoms with Gasteiger partial charge in [-0.1, -0.05) is 48.5 Å². The first-order chi connectivity index (χ1) is 7.74. The van der Waals surface area contributed by atoms with Crippen molar-refractivity contribution in [3.05, 3.63) is 0 Å². The van der Waals surface area contributed by atoms with Crippen LogP contribution in [0.2, 0.25) is 0 Å². The van der Waals surface area contributed by atoms with E-state index in [4.69, 9.17) is 0 Å². The normalized spacial score (nSPS) is 34.1. The van der Waals surface area contributed by atoms with Gasteiger partial charge in [0.2, 0.25) is 0 Å². The van der Waals surface area contributed by atoms with Crippen molar-refractivity contribution in [3.63, 3.8) is 0 Å². The first kappa shape index (κ1) is 13.3. The predicted octanol–water partition coefficient (Wildman–Crippen LogP) is 5.25. The third-order valence-electron chi connectivity index (χ3n) is 4.46. The Kier molecular flexibility index (Phi) is 5.08. The second-order valence-electron chi connectivity index (χ2n) is 6.05. The van der Waals surface area contributed by atoms with Crippen molar-refractivity contribution < 1.29 is 0 Å². The van der Waals surface area contributed by atoms with E-state index in [0.717, 1.165) is 11.2 Å². The molecule has 0 amide bonds. The van der Waals surface area contributed by atoms with Crippen LogP contribution in [0.25, 0.3) is 0 Å². The zero-order chi connectivity index (χ0) is 11.4. The van der Waals surface area contributed by atoms with Crippen molar-refractivity contribution in [2.45, 2.75) is 63.5 Å². The van der Waals surface area contributed by atoms with E-state index in [0.29, 0.717) is 5.41 Å². The molecule has 0 aromatic rings. The van der Waals surface area contributed by atoms with Gasteiger partial charge in [-0.15, -0.1) is 0 Å². The Balaban J connectivity index is 1.77. The molecule has 94 valence electrons. The summed E-state index contributed by atoms with van der Waals surface area (Å²) < 4.78 is 0. The van der Waals surface area contributed by atoms with Crippen molar-refractivity contribution in [1.29, 1.82) is 0 Å².